The average Bonchev–Trinajstić information content (AvgIpc) is 3.31. The third kappa shape index (κ3) is 3.34. The molecule has 0 saturated carbocycles. The van der Waals surface area contributed by atoms with Gasteiger partial charge in [-0.3, -0.25) is 4.79 Å². The minimum atomic E-state index is -0.159. The highest BCUT2D eigenvalue weighted by atomic mass is 35.5. The van der Waals surface area contributed by atoms with Crippen molar-refractivity contribution in [2.75, 3.05) is 0 Å². The number of nitrogens with one attached hydrogen (secondary N) is 1. The van der Waals surface area contributed by atoms with Crippen molar-refractivity contribution in [2.45, 2.75) is 19.9 Å². The second-order valence-electron chi connectivity index (χ2n) is 6.32. The first-order chi connectivity index (χ1) is 13.0. The van der Waals surface area contributed by atoms with Crippen LogP contribution in [0.3, 0.4) is 0 Å². The normalized spacial score (nSPS) is 12.3. The Labute approximate surface area is 165 Å². The van der Waals surface area contributed by atoms with Gasteiger partial charge in [0.1, 0.15) is 17.5 Å². The van der Waals surface area contributed by atoms with Crippen LogP contribution in [-0.4, -0.2) is 20.7 Å². The highest BCUT2D eigenvalue weighted by Gasteiger charge is 2.20. The summed E-state index contributed by atoms with van der Waals surface area (Å²) in [5, 5.41) is 8.63. The first-order valence-electron chi connectivity index (χ1n) is 8.48. The van der Waals surface area contributed by atoms with E-state index in [0.29, 0.717) is 9.90 Å². The molecule has 0 spiro atoms. The highest BCUT2D eigenvalue weighted by Crippen LogP contribution is 2.37. The Bertz CT molecular complexity index is 1100. The number of rotatable bonds is 4. The van der Waals surface area contributed by atoms with Crippen molar-refractivity contribution in [3.05, 3.63) is 76.1 Å². The molecule has 1 unspecified atom stereocenters. The fourth-order valence-corrected chi connectivity index (χ4v) is 4.61. The molecule has 5 nitrogen and oxygen atoms in total. The molecule has 2 heterocycles. The van der Waals surface area contributed by atoms with E-state index in [1.54, 1.807) is 11.0 Å². The number of halogens is 1. The Balaban J connectivity index is 1.54. The summed E-state index contributed by atoms with van der Waals surface area (Å²) in [4.78, 5) is 17.3. The van der Waals surface area contributed by atoms with Gasteiger partial charge in [0, 0.05) is 10.1 Å². The predicted octanol–water partition coefficient (Wildman–Crippen LogP) is 4.93. The monoisotopic (exact) mass is 396 g/mol. The van der Waals surface area contributed by atoms with Crippen LogP contribution in [0.2, 0.25) is 5.02 Å². The molecule has 136 valence electrons. The number of aromatic nitrogens is 3. The van der Waals surface area contributed by atoms with Crippen LogP contribution in [0.5, 0.6) is 0 Å². The lowest BCUT2D eigenvalue weighted by Gasteiger charge is -2.14. The maximum Gasteiger partial charge on any atom is 0.263 e. The van der Waals surface area contributed by atoms with Gasteiger partial charge in [0.25, 0.3) is 5.91 Å². The number of aryl methyl sites for hydroxylation is 1. The van der Waals surface area contributed by atoms with E-state index in [2.05, 4.69) is 15.4 Å². The van der Waals surface area contributed by atoms with Gasteiger partial charge < -0.3 is 5.32 Å². The summed E-state index contributed by atoms with van der Waals surface area (Å²) in [6.45, 7) is 3.96. The van der Waals surface area contributed by atoms with Crippen LogP contribution in [0.4, 0.5) is 0 Å². The lowest BCUT2D eigenvalue weighted by Crippen LogP contribution is -2.26. The summed E-state index contributed by atoms with van der Waals surface area (Å²) in [7, 11) is 0. The van der Waals surface area contributed by atoms with E-state index >= 15 is 0 Å². The third-order valence-electron chi connectivity index (χ3n) is 4.50. The molecule has 0 saturated heterocycles. The van der Waals surface area contributed by atoms with Crippen LogP contribution in [0.1, 0.15) is 33.8 Å². The summed E-state index contributed by atoms with van der Waals surface area (Å²) >= 11 is 7.92. The minimum Gasteiger partial charge on any atom is -0.345 e. The van der Waals surface area contributed by atoms with Crippen molar-refractivity contribution in [1.82, 2.24) is 20.1 Å². The Morgan fingerprint density at radius 1 is 1.22 bits per heavy atom. The summed E-state index contributed by atoms with van der Waals surface area (Å²) in [5.74, 6) is -0.159. The Morgan fingerprint density at radius 2 is 2.00 bits per heavy atom. The number of nitrogens with zero attached hydrogens (tertiary/aromatic N) is 3. The second kappa shape index (κ2) is 7.13. The van der Waals surface area contributed by atoms with Crippen molar-refractivity contribution < 1.29 is 4.79 Å². The van der Waals surface area contributed by atoms with Gasteiger partial charge in [-0.25, -0.2) is 9.67 Å². The number of fused-ring (bicyclic) bond motifs is 1. The van der Waals surface area contributed by atoms with Crippen molar-refractivity contribution in [3.63, 3.8) is 0 Å². The SMILES string of the molecule is Cc1cccc2sc(C(=O)NC(C)c3ccc(-n4cncn4)cc3)c(Cl)c12. The lowest BCUT2D eigenvalue weighted by atomic mass is 10.1. The quantitative estimate of drug-likeness (QED) is 0.531. The van der Waals surface area contributed by atoms with Gasteiger partial charge in [-0.2, -0.15) is 5.10 Å². The molecule has 2 aromatic carbocycles. The molecule has 2 aromatic heterocycles. The topological polar surface area (TPSA) is 59.8 Å². The van der Waals surface area contributed by atoms with Crippen LogP contribution in [0.15, 0.2) is 55.1 Å². The summed E-state index contributed by atoms with van der Waals surface area (Å²) < 4.78 is 2.71. The molecule has 4 aromatic rings. The van der Waals surface area contributed by atoms with Crippen molar-refractivity contribution in [2.24, 2.45) is 0 Å². The van der Waals surface area contributed by atoms with Gasteiger partial charge in [0.05, 0.1) is 16.8 Å². The van der Waals surface area contributed by atoms with Crippen LogP contribution in [-0.2, 0) is 0 Å². The number of thiophene rings is 1. The van der Waals surface area contributed by atoms with Gasteiger partial charge in [0.2, 0.25) is 0 Å². The largest absolute Gasteiger partial charge is 0.345 e. The molecule has 27 heavy (non-hydrogen) atoms. The number of hydrogen-bond donors (Lipinski definition) is 1. The minimum absolute atomic E-state index is 0.148. The van der Waals surface area contributed by atoms with E-state index in [0.717, 1.165) is 26.9 Å². The van der Waals surface area contributed by atoms with Crippen LogP contribution < -0.4 is 5.32 Å². The average molecular weight is 397 g/mol. The number of benzene rings is 2. The van der Waals surface area contributed by atoms with Crippen molar-refractivity contribution in [1.29, 1.82) is 0 Å². The number of hydrogen-bond acceptors (Lipinski definition) is 4. The predicted molar refractivity (Wildman–Crippen MR) is 109 cm³/mol. The Morgan fingerprint density at radius 3 is 2.67 bits per heavy atom. The van der Waals surface area contributed by atoms with Crippen molar-refractivity contribution in [3.8, 4) is 5.69 Å². The van der Waals surface area contributed by atoms with Crippen LogP contribution >= 0.6 is 22.9 Å². The smallest absolute Gasteiger partial charge is 0.263 e. The molecule has 0 bridgehead atoms. The maximum atomic E-state index is 12.8. The standard InChI is InChI=1S/C20H17ClN4OS/c1-12-4-3-5-16-17(12)18(21)19(27-16)20(26)24-13(2)14-6-8-15(9-7-14)25-11-22-10-23-25/h3-11,13H,1-2H3,(H,24,26). The van der Waals surface area contributed by atoms with Crippen LogP contribution in [0.25, 0.3) is 15.8 Å². The Hall–Kier alpha value is -2.70. The molecule has 1 amide bonds. The van der Waals surface area contributed by atoms with E-state index in [9.17, 15) is 4.79 Å². The van der Waals surface area contributed by atoms with Crippen LogP contribution in [0, 0.1) is 6.92 Å². The molecule has 7 heteroatoms. The van der Waals surface area contributed by atoms with Gasteiger partial charge in [0.15, 0.2) is 0 Å². The fourth-order valence-electron chi connectivity index (χ4n) is 3.02. The fraction of sp³-hybridized carbons (Fsp3) is 0.150. The molecule has 0 aliphatic carbocycles. The number of carbonyl (C=O) groups is 1. The molecule has 4 rings (SSSR count). The summed E-state index contributed by atoms with van der Waals surface area (Å²) in [6.07, 6.45) is 3.14. The van der Waals surface area contributed by atoms with Gasteiger partial charge in [-0.15, -0.1) is 11.3 Å². The molecular weight excluding hydrogens is 380 g/mol. The lowest BCUT2D eigenvalue weighted by molar-refractivity contribution is 0.0944. The van der Waals surface area contributed by atoms with Gasteiger partial charge >= 0.3 is 0 Å². The number of amides is 1. The number of carbonyl (C=O) groups excluding carboxylic acids is 1. The van der Waals surface area contributed by atoms with E-state index in [4.69, 9.17) is 11.6 Å². The van der Waals surface area contributed by atoms with Gasteiger partial charge in [-0.05, 0) is 43.2 Å². The Kier molecular flexibility index (Phi) is 4.68. The third-order valence-corrected chi connectivity index (χ3v) is 6.14. The van der Waals surface area contributed by atoms with E-state index < -0.39 is 0 Å². The first kappa shape index (κ1) is 17.7. The zero-order valence-corrected chi connectivity index (χ0v) is 16.4. The molecule has 0 aliphatic rings. The molecular formula is C20H17ClN4OS. The molecule has 0 fully saturated rings. The highest BCUT2D eigenvalue weighted by molar-refractivity contribution is 7.21. The summed E-state index contributed by atoms with van der Waals surface area (Å²) in [6, 6.07) is 13.7. The molecule has 1 N–H and O–H groups in total. The maximum absolute atomic E-state index is 12.8. The zero-order chi connectivity index (χ0) is 19.0. The molecule has 1 atom stereocenters. The molecule has 0 radical (unpaired) electrons. The van der Waals surface area contributed by atoms with E-state index in [-0.39, 0.29) is 11.9 Å². The van der Waals surface area contributed by atoms with E-state index in [1.807, 2.05) is 56.3 Å². The summed E-state index contributed by atoms with van der Waals surface area (Å²) in [5.41, 5.74) is 2.99. The molecule has 0 aliphatic heterocycles. The van der Waals surface area contributed by atoms with Gasteiger partial charge in [-0.1, -0.05) is 35.9 Å². The van der Waals surface area contributed by atoms with E-state index in [1.165, 1.54) is 17.7 Å². The first-order valence-corrected chi connectivity index (χ1v) is 9.67. The van der Waals surface area contributed by atoms with Crippen molar-refractivity contribution >= 4 is 38.9 Å². The zero-order valence-electron chi connectivity index (χ0n) is 14.8. The second-order valence-corrected chi connectivity index (χ2v) is 7.75.